The number of guanidine groups is 1. The minimum absolute atomic E-state index is 0.179. The van der Waals surface area contributed by atoms with Crippen molar-refractivity contribution < 1.29 is 23.1 Å². The molecular weight excluding hydrogens is 420 g/mol. The standard InChI is InChI=1S/C13H20N4O2S.C8H6O3/c1-11-5-7-12(8-6-11)20(18,19)16-15-13(14)17-9-3-2-4-10-17;9-7(8(10)11)6-4-2-1-3-5-6/h5-8,16H,2-4,9-10H2,1H3,(H2,14,15);1-5H,(H,10,11). The smallest absolute Gasteiger partial charge is 0.377 e. The Morgan fingerprint density at radius 2 is 1.58 bits per heavy atom. The molecule has 31 heavy (non-hydrogen) atoms. The Labute approximate surface area is 181 Å². The second-order valence-corrected chi connectivity index (χ2v) is 8.59. The summed E-state index contributed by atoms with van der Waals surface area (Å²) in [5.74, 6) is -2.07. The molecule has 1 saturated heterocycles. The molecule has 166 valence electrons. The normalized spacial score (nSPS) is 14.2. The number of likely N-dealkylation sites (tertiary alicyclic amines) is 1. The second kappa shape index (κ2) is 11.1. The van der Waals surface area contributed by atoms with Gasteiger partial charge in [-0.2, -0.15) is 13.2 Å². The number of aryl methyl sites for hydroxylation is 1. The summed E-state index contributed by atoms with van der Waals surface area (Å²) in [6.45, 7) is 3.54. The first-order chi connectivity index (χ1) is 14.7. The van der Waals surface area contributed by atoms with Gasteiger partial charge in [0.15, 0.2) is 0 Å². The predicted molar refractivity (Wildman–Crippen MR) is 117 cm³/mol. The monoisotopic (exact) mass is 446 g/mol. The van der Waals surface area contributed by atoms with Crippen LogP contribution in [0.25, 0.3) is 0 Å². The van der Waals surface area contributed by atoms with Crippen LogP contribution in [-0.4, -0.2) is 49.2 Å². The van der Waals surface area contributed by atoms with Crippen molar-refractivity contribution in [3.8, 4) is 0 Å². The van der Waals surface area contributed by atoms with Crippen LogP contribution in [0.5, 0.6) is 0 Å². The number of hydrogen-bond acceptors (Lipinski definition) is 5. The number of carboxylic acids is 1. The van der Waals surface area contributed by atoms with Crippen molar-refractivity contribution in [1.29, 1.82) is 0 Å². The van der Waals surface area contributed by atoms with Crippen LogP contribution < -0.4 is 10.6 Å². The Morgan fingerprint density at radius 3 is 2.13 bits per heavy atom. The van der Waals surface area contributed by atoms with Crippen molar-refractivity contribution in [2.45, 2.75) is 31.1 Å². The van der Waals surface area contributed by atoms with Gasteiger partial charge in [-0.1, -0.05) is 48.0 Å². The van der Waals surface area contributed by atoms with Gasteiger partial charge in [-0.3, -0.25) is 4.79 Å². The number of rotatable bonds is 5. The molecule has 3 rings (SSSR count). The highest BCUT2D eigenvalue weighted by Crippen LogP contribution is 2.10. The number of hydrogen-bond donors (Lipinski definition) is 3. The Hall–Kier alpha value is -3.40. The number of benzene rings is 2. The molecule has 0 bridgehead atoms. The Kier molecular flexibility index (Phi) is 8.56. The van der Waals surface area contributed by atoms with E-state index < -0.39 is 21.8 Å². The fraction of sp³-hybridized carbons (Fsp3) is 0.286. The van der Waals surface area contributed by atoms with Gasteiger partial charge < -0.3 is 15.7 Å². The number of nitrogens with one attached hydrogen (secondary N) is 1. The van der Waals surface area contributed by atoms with Crippen LogP contribution in [0.1, 0.15) is 35.2 Å². The zero-order chi connectivity index (χ0) is 22.9. The first-order valence-electron chi connectivity index (χ1n) is 9.70. The van der Waals surface area contributed by atoms with E-state index in [0.717, 1.165) is 31.5 Å². The number of hydrazone groups is 1. The Bertz CT molecular complexity index is 1020. The van der Waals surface area contributed by atoms with E-state index in [2.05, 4.69) is 9.93 Å². The van der Waals surface area contributed by atoms with E-state index >= 15 is 0 Å². The Morgan fingerprint density at radius 1 is 1.00 bits per heavy atom. The number of nitrogens with zero attached hydrogens (tertiary/aromatic N) is 2. The van der Waals surface area contributed by atoms with Crippen molar-refractivity contribution in [3.05, 3.63) is 65.7 Å². The molecule has 1 aliphatic heterocycles. The lowest BCUT2D eigenvalue weighted by Gasteiger charge is -2.27. The van der Waals surface area contributed by atoms with Gasteiger partial charge in [-0.05, 0) is 38.3 Å². The molecule has 1 heterocycles. The highest BCUT2D eigenvalue weighted by atomic mass is 32.2. The van der Waals surface area contributed by atoms with E-state index in [1.165, 1.54) is 18.6 Å². The number of carbonyl (C=O) groups excluding carboxylic acids is 1. The van der Waals surface area contributed by atoms with Crippen LogP contribution in [-0.2, 0) is 14.8 Å². The molecule has 2 aromatic carbocycles. The molecule has 0 unspecified atom stereocenters. The molecule has 0 saturated carbocycles. The summed E-state index contributed by atoms with van der Waals surface area (Å²) in [6.07, 6.45) is 3.29. The van der Waals surface area contributed by atoms with Crippen LogP contribution in [0, 0.1) is 6.92 Å². The van der Waals surface area contributed by atoms with E-state index in [9.17, 15) is 18.0 Å². The minimum Gasteiger partial charge on any atom is -0.475 e. The van der Waals surface area contributed by atoms with Gasteiger partial charge in [0.2, 0.25) is 5.96 Å². The zero-order valence-electron chi connectivity index (χ0n) is 17.2. The molecule has 0 aliphatic carbocycles. The third kappa shape index (κ3) is 7.41. The Balaban J connectivity index is 0.000000262. The molecule has 2 aromatic rings. The molecular formula is C21H26N4O5S. The number of sulfonamides is 1. The fourth-order valence-electron chi connectivity index (χ4n) is 2.78. The number of piperidine rings is 1. The lowest BCUT2D eigenvalue weighted by Crippen LogP contribution is -2.42. The summed E-state index contributed by atoms with van der Waals surface area (Å²) in [5, 5.41) is 12.1. The van der Waals surface area contributed by atoms with Crippen molar-refractivity contribution in [2.75, 3.05) is 13.1 Å². The maximum Gasteiger partial charge on any atom is 0.377 e. The van der Waals surface area contributed by atoms with Gasteiger partial charge in [-0.15, -0.1) is 5.10 Å². The fourth-order valence-corrected chi connectivity index (χ4v) is 3.60. The molecule has 0 amide bonds. The van der Waals surface area contributed by atoms with Gasteiger partial charge >= 0.3 is 5.97 Å². The zero-order valence-corrected chi connectivity index (χ0v) is 18.0. The number of Topliss-reactive ketones (excluding diaryl/α,β-unsaturated/α-hetero) is 1. The summed E-state index contributed by atoms with van der Waals surface area (Å²) in [6, 6.07) is 14.5. The molecule has 10 heteroatoms. The SMILES string of the molecule is Cc1ccc(S(=O)(=O)NN=C(N)N2CCCCC2)cc1.O=C(O)C(=O)c1ccccc1. The third-order valence-corrected chi connectivity index (χ3v) is 5.75. The number of carbonyl (C=O) groups is 2. The maximum atomic E-state index is 12.0. The predicted octanol–water partition coefficient (Wildman–Crippen LogP) is 1.94. The van der Waals surface area contributed by atoms with Crippen LogP contribution in [0.2, 0.25) is 0 Å². The molecule has 0 atom stereocenters. The molecule has 1 fully saturated rings. The van der Waals surface area contributed by atoms with Crippen LogP contribution >= 0.6 is 0 Å². The third-order valence-electron chi connectivity index (χ3n) is 4.52. The summed E-state index contributed by atoms with van der Waals surface area (Å²) in [5.41, 5.74) is 7.02. The van der Waals surface area contributed by atoms with Crippen molar-refractivity contribution >= 4 is 27.7 Å². The van der Waals surface area contributed by atoms with E-state index in [1.807, 2.05) is 11.8 Å². The highest BCUT2D eigenvalue weighted by molar-refractivity contribution is 7.89. The topological polar surface area (TPSA) is 142 Å². The van der Waals surface area contributed by atoms with Gasteiger partial charge in [0, 0.05) is 18.7 Å². The van der Waals surface area contributed by atoms with Crippen molar-refractivity contribution in [2.24, 2.45) is 10.8 Å². The largest absolute Gasteiger partial charge is 0.475 e. The number of aliphatic carboxylic acids is 1. The molecule has 4 N–H and O–H groups in total. The van der Waals surface area contributed by atoms with Crippen LogP contribution in [0.4, 0.5) is 0 Å². The average molecular weight is 447 g/mol. The first-order valence-corrected chi connectivity index (χ1v) is 11.2. The lowest BCUT2D eigenvalue weighted by molar-refractivity contribution is -0.131. The van der Waals surface area contributed by atoms with Gasteiger partial charge in [0.05, 0.1) is 4.90 Å². The minimum atomic E-state index is -3.65. The summed E-state index contributed by atoms with van der Waals surface area (Å²) in [7, 11) is -3.65. The molecule has 1 aliphatic rings. The van der Waals surface area contributed by atoms with E-state index in [0.29, 0.717) is 0 Å². The summed E-state index contributed by atoms with van der Waals surface area (Å²) >= 11 is 0. The van der Waals surface area contributed by atoms with E-state index in [-0.39, 0.29) is 16.4 Å². The molecule has 9 nitrogen and oxygen atoms in total. The van der Waals surface area contributed by atoms with Gasteiger partial charge in [0.25, 0.3) is 15.8 Å². The second-order valence-electron chi connectivity index (χ2n) is 6.93. The lowest BCUT2D eigenvalue weighted by atomic mass is 10.1. The number of carboxylic acid groups (broad SMARTS) is 1. The molecule has 0 spiro atoms. The summed E-state index contributed by atoms with van der Waals surface area (Å²) in [4.78, 5) is 25.1. The molecule has 0 aromatic heterocycles. The first kappa shape index (κ1) is 23.9. The van der Waals surface area contributed by atoms with Gasteiger partial charge in [-0.25, -0.2) is 4.79 Å². The van der Waals surface area contributed by atoms with E-state index in [1.54, 1.807) is 42.5 Å². The number of ketones is 1. The van der Waals surface area contributed by atoms with Crippen LogP contribution in [0.3, 0.4) is 0 Å². The highest BCUT2D eigenvalue weighted by Gasteiger charge is 2.16. The van der Waals surface area contributed by atoms with E-state index in [4.69, 9.17) is 10.8 Å². The summed E-state index contributed by atoms with van der Waals surface area (Å²) < 4.78 is 24.1. The van der Waals surface area contributed by atoms with Crippen LogP contribution in [0.15, 0.2) is 64.6 Å². The maximum absolute atomic E-state index is 12.0. The van der Waals surface area contributed by atoms with Gasteiger partial charge in [0.1, 0.15) is 0 Å². The number of nitrogens with two attached hydrogens (primary N) is 1. The quantitative estimate of drug-likeness (QED) is 0.209. The molecule has 0 radical (unpaired) electrons. The average Bonchev–Trinajstić information content (AvgIpc) is 2.79. The van der Waals surface area contributed by atoms with Crippen molar-refractivity contribution in [1.82, 2.24) is 9.73 Å². The van der Waals surface area contributed by atoms with Crippen molar-refractivity contribution in [3.63, 3.8) is 0 Å².